The van der Waals surface area contributed by atoms with Crippen LogP contribution in [0.4, 0.5) is 17.1 Å². The van der Waals surface area contributed by atoms with Gasteiger partial charge in [0, 0.05) is 24.4 Å². The number of nitrogens with one attached hydrogen (secondary N) is 2. The SMILES string of the molecule is CCNc1ccc(C(=O)Nc2cccnc2)cc1[N+](=O)[O-]. The topological polar surface area (TPSA) is 97.2 Å². The number of nitro groups is 1. The van der Waals surface area contributed by atoms with E-state index in [1.165, 1.54) is 24.4 Å². The fourth-order valence-electron chi connectivity index (χ4n) is 1.80. The van der Waals surface area contributed by atoms with Crippen LogP contribution >= 0.6 is 0 Å². The highest BCUT2D eigenvalue weighted by atomic mass is 16.6. The van der Waals surface area contributed by atoms with Gasteiger partial charge in [-0.3, -0.25) is 19.9 Å². The van der Waals surface area contributed by atoms with E-state index in [-0.39, 0.29) is 11.3 Å². The molecule has 2 rings (SSSR count). The van der Waals surface area contributed by atoms with Gasteiger partial charge in [-0.1, -0.05) is 0 Å². The molecule has 0 radical (unpaired) electrons. The quantitative estimate of drug-likeness (QED) is 0.650. The number of carbonyl (C=O) groups is 1. The first kappa shape index (κ1) is 14.4. The number of nitro benzene ring substituents is 1. The Labute approximate surface area is 121 Å². The van der Waals surface area contributed by atoms with E-state index in [4.69, 9.17) is 0 Å². The monoisotopic (exact) mass is 286 g/mol. The summed E-state index contributed by atoms with van der Waals surface area (Å²) in [5.74, 6) is -0.422. The summed E-state index contributed by atoms with van der Waals surface area (Å²) in [6.45, 7) is 2.40. The molecular formula is C14H14N4O3. The van der Waals surface area contributed by atoms with Gasteiger partial charge in [-0.25, -0.2) is 0 Å². The van der Waals surface area contributed by atoms with Crippen LogP contribution in [0.1, 0.15) is 17.3 Å². The zero-order valence-electron chi connectivity index (χ0n) is 11.4. The summed E-state index contributed by atoms with van der Waals surface area (Å²) in [7, 11) is 0. The zero-order chi connectivity index (χ0) is 15.2. The van der Waals surface area contributed by atoms with E-state index < -0.39 is 10.8 Å². The Hall–Kier alpha value is -2.96. The highest BCUT2D eigenvalue weighted by Crippen LogP contribution is 2.25. The van der Waals surface area contributed by atoms with Crippen molar-refractivity contribution in [1.82, 2.24) is 4.98 Å². The molecular weight excluding hydrogens is 272 g/mol. The van der Waals surface area contributed by atoms with E-state index in [9.17, 15) is 14.9 Å². The average molecular weight is 286 g/mol. The van der Waals surface area contributed by atoms with Gasteiger partial charge in [0.1, 0.15) is 5.69 Å². The van der Waals surface area contributed by atoms with E-state index in [0.29, 0.717) is 17.9 Å². The molecule has 2 N–H and O–H groups in total. The predicted molar refractivity (Wildman–Crippen MR) is 79.5 cm³/mol. The summed E-state index contributed by atoms with van der Waals surface area (Å²) < 4.78 is 0. The lowest BCUT2D eigenvalue weighted by molar-refractivity contribution is -0.384. The van der Waals surface area contributed by atoms with Gasteiger partial charge in [0.15, 0.2) is 0 Å². The van der Waals surface area contributed by atoms with E-state index in [2.05, 4.69) is 15.6 Å². The molecule has 0 fully saturated rings. The molecule has 0 unspecified atom stereocenters. The van der Waals surface area contributed by atoms with Crippen LogP contribution in [0.5, 0.6) is 0 Å². The minimum Gasteiger partial charge on any atom is -0.380 e. The number of benzene rings is 1. The lowest BCUT2D eigenvalue weighted by atomic mass is 10.1. The van der Waals surface area contributed by atoms with Crippen molar-refractivity contribution in [3.8, 4) is 0 Å². The van der Waals surface area contributed by atoms with Crippen molar-refractivity contribution in [3.05, 3.63) is 58.4 Å². The van der Waals surface area contributed by atoms with Crippen molar-refractivity contribution < 1.29 is 9.72 Å². The predicted octanol–water partition coefficient (Wildman–Crippen LogP) is 2.67. The van der Waals surface area contributed by atoms with Crippen LogP contribution in [0.25, 0.3) is 0 Å². The molecule has 7 heteroatoms. The molecule has 0 aliphatic heterocycles. The Morgan fingerprint density at radius 1 is 1.38 bits per heavy atom. The van der Waals surface area contributed by atoms with Crippen LogP contribution in [0.2, 0.25) is 0 Å². The maximum Gasteiger partial charge on any atom is 0.293 e. The van der Waals surface area contributed by atoms with Crippen molar-refractivity contribution in [2.24, 2.45) is 0 Å². The number of pyridine rings is 1. The van der Waals surface area contributed by atoms with Crippen molar-refractivity contribution in [2.75, 3.05) is 17.2 Å². The van der Waals surface area contributed by atoms with Gasteiger partial charge in [0.25, 0.3) is 11.6 Å². The maximum absolute atomic E-state index is 12.1. The van der Waals surface area contributed by atoms with Crippen LogP contribution in [0.3, 0.4) is 0 Å². The van der Waals surface area contributed by atoms with Gasteiger partial charge in [0.2, 0.25) is 0 Å². The Bertz CT molecular complexity index is 659. The van der Waals surface area contributed by atoms with Gasteiger partial charge >= 0.3 is 0 Å². The fraction of sp³-hybridized carbons (Fsp3) is 0.143. The first-order chi connectivity index (χ1) is 10.1. The summed E-state index contributed by atoms with van der Waals surface area (Å²) >= 11 is 0. The van der Waals surface area contributed by atoms with Crippen LogP contribution in [-0.4, -0.2) is 22.4 Å². The molecule has 0 saturated carbocycles. The molecule has 1 amide bonds. The molecule has 7 nitrogen and oxygen atoms in total. The van der Waals surface area contributed by atoms with Gasteiger partial charge in [-0.2, -0.15) is 0 Å². The fourth-order valence-corrected chi connectivity index (χ4v) is 1.80. The molecule has 0 atom stereocenters. The minimum atomic E-state index is -0.515. The standard InChI is InChI=1S/C14H14N4O3/c1-2-16-12-6-5-10(8-13(12)18(20)21)14(19)17-11-4-3-7-15-9-11/h3-9,16H,2H2,1H3,(H,17,19). The third kappa shape index (κ3) is 3.53. The average Bonchev–Trinajstić information content (AvgIpc) is 2.48. The summed E-state index contributed by atoms with van der Waals surface area (Å²) in [6, 6.07) is 7.69. The van der Waals surface area contributed by atoms with Gasteiger partial charge in [-0.05, 0) is 31.2 Å². The van der Waals surface area contributed by atoms with Crippen molar-refractivity contribution >= 4 is 23.0 Å². The van der Waals surface area contributed by atoms with E-state index in [0.717, 1.165) is 0 Å². The second-order valence-electron chi connectivity index (χ2n) is 4.22. The summed E-state index contributed by atoms with van der Waals surface area (Å²) in [5, 5.41) is 16.6. The second kappa shape index (κ2) is 6.47. The normalized spacial score (nSPS) is 9.95. The van der Waals surface area contributed by atoms with E-state index >= 15 is 0 Å². The number of hydrogen-bond acceptors (Lipinski definition) is 5. The van der Waals surface area contributed by atoms with Crippen LogP contribution in [0, 0.1) is 10.1 Å². The first-order valence-corrected chi connectivity index (χ1v) is 6.35. The van der Waals surface area contributed by atoms with Crippen molar-refractivity contribution in [1.29, 1.82) is 0 Å². The highest BCUT2D eigenvalue weighted by molar-refractivity contribution is 6.05. The van der Waals surface area contributed by atoms with E-state index in [1.54, 1.807) is 18.3 Å². The molecule has 0 aliphatic rings. The molecule has 0 spiro atoms. The maximum atomic E-state index is 12.1. The Morgan fingerprint density at radius 2 is 2.19 bits per heavy atom. The van der Waals surface area contributed by atoms with Crippen molar-refractivity contribution in [3.63, 3.8) is 0 Å². The van der Waals surface area contributed by atoms with Gasteiger partial charge < -0.3 is 10.6 Å². The number of aromatic nitrogens is 1. The number of carbonyl (C=O) groups excluding carboxylic acids is 1. The lowest BCUT2D eigenvalue weighted by Crippen LogP contribution is -2.13. The smallest absolute Gasteiger partial charge is 0.293 e. The summed E-state index contributed by atoms with van der Waals surface area (Å²) in [5.41, 5.74) is 1.00. The number of hydrogen-bond donors (Lipinski definition) is 2. The molecule has 21 heavy (non-hydrogen) atoms. The molecule has 108 valence electrons. The number of rotatable bonds is 5. The molecule has 0 aliphatic carbocycles. The molecule has 1 aromatic carbocycles. The van der Waals surface area contributed by atoms with Crippen LogP contribution < -0.4 is 10.6 Å². The molecule has 1 aromatic heterocycles. The van der Waals surface area contributed by atoms with Crippen LogP contribution in [0.15, 0.2) is 42.7 Å². The van der Waals surface area contributed by atoms with Crippen molar-refractivity contribution in [2.45, 2.75) is 6.92 Å². The summed E-state index contributed by atoms with van der Waals surface area (Å²) in [4.78, 5) is 26.5. The number of anilines is 2. The highest BCUT2D eigenvalue weighted by Gasteiger charge is 2.17. The number of nitrogens with zero attached hydrogens (tertiary/aromatic N) is 2. The molecule has 0 bridgehead atoms. The molecule has 1 heterocycles. The zero-order valence-corrected chi connectivity index (χ0v) is 11.4. The van der Waals surface area contributed by atoms with Gasteiger partial charge in [0.05, 0.1) is 16.8 Å². The third-order valence-electron chi connectivity index (χ3n) is 2.74. The number of amides is 1. The minimum absolute atomic E-state index is 0.129. The Kier molecular flexibility index (Phi) is 4.45. The first-order valence-electron chi connectivity index (χ1n) is 6.35. The second-order valence-corrected chi connectivity index (χ2v) is 4.22. The Morgan fingerprint density at radius 3 is 2.81 bits per heavy atom. The summed E-state index contributed by atoms with van der Waals surface area (Å²) in [6.07, 6.45) is 3.09. The van der Waals surface area contributed by atoms with Gasteiger partial charge in [-0.15, -0.1) is 0 Å². The third-order valence-corrected chi connectivity index (χ3v) is 2.74. The molecule has 2 aromatic rings. The molecule has 0 saturated heterocycles. The Balaban J connectivity index is 2.25. The lowest BCUT2D eigenvalue weighted by Gasteiger charge is -2.07. The van der Waals surface area contributed by atoms with Crippen LogP contribution in [-0.2, 0) is 0 Å². The largest absolute Gasteiger partial charge is 0.380 e. The van der Waals surface area contributed by atoms with E-state index in [1.807, 2.05) is 6.92 Å².